The molecule has 2 heterocycles. The van der Waals surface area contributed by atoms with Crippen molar-refractivity contribution in [1.82, 2.24) is 20.4 Å². The Hall–Kier alpha value is -2.45. The van der Waals surface area contributed by atoms with Crippen LogP contribution in [-0.2, 0) is 14.3 Å². The van der Waals surface area contributed by atoms with E-state index in [2.05, 4.69) is 27.7 Å². The van der Waals surface area contributed by atoms with Crippen LogP contribution in [0.4, 0.5) is 4.79 Å². The highest BCUT2D eigenvalue weighted by Crippen LogP contribution is 2.35. The van der Waals surface area contributed by atoms with Crippen molar-refractivity contribution in [2.45, 2.75) is 50.2 Å². The lowest BCUT2D eigenvalue weighted by atomic mass is 9.97. The summed E-state index contributed by atoms with van der Waals surface area (Å²) in [5, 5.41) is 5.82. The minimum atomic E-state index is -0.849. The minimum absolute atomic E-state index is 0.00975. The van der Waals surface area contributed by atoms with Gasteiger partial charge in [-0.15, -0.1) is 0 Å². The number of rotatable bonds is 6. The predicted octanol–water partition coefficient (Wildman–Crippen LogP) is 1.43. The zero-order chi connectivity index (χ0) is 21.1. The van der Waals surface area contributed by atoms with E-state index in [1.54, 1.807) is 6.92 Å². The fourth-order valence-electron chi connectivity index (χ4n) is 4.79. The molecule has 1 saturated carbocycles. The number of amides is 4. The number of morpholine rings is 1. The second-order valence-corrected chi connectivity index (χ2v) is 8.39. The van der Waals surface area contributed by atoms with E-state index in [-0.39, 0.29) is 17.9 Å². The summed E-state index contributed by atoms with van der Waals surface area (Å²) >= 11 is 0. The van der Waals surface area contributed by atoms with Gasteiger partial charge in [-0.25, -0.2) is 9.69 Å². The molecule has 1 aromatic rings. The molecule has 1 aliphatic carbocycles. The third-order valence-corrected chi connectivity index (χ3v) is 6.56. The normalized spacial score (nSPS) is 23.4. The van der Waals surface area contributed by atoms with Crippen LogP contribution in [0.25, 0.3) is 0 Å². The third kappa shape index (κ3) is 3.94. The SMILES string of the molecule is CC(C(=O)NCC(c1ccccc1)N1CCOCC1)N1C(=O)NC2(CCCC2)C1=O. The van der Waals surface area contributed by atoms with Crippen LogP contribution >= 0.6 is 0 Å². The molecule has 2 unspecified atom stereocenters. The Labute approximate surface area is 176 Å². The van der Waals surface area contributed by atoms with Gasteiger partial charge in [0, 0.05) is 19.6 Å². The Morgan fingerprint density at radius 3 is 2.50 bits per heavy atom. The van der Waals surface area contributed by atoms with Crippen molar-refractivity contribution >= 4 is 17.8 Å². The van der Waals surface area contributed by atoms with E-state index in [1.807, 2.05) is 18.2 Å². The van der Waals surface area contributed by atoms with Gasteiger partial charge >= 0.3 is 6.03 Å². The molecular weight excluding hydrogens is 384 g/mol. The summed E-state index contributed by atoms with van der Waals surface area (Å²) in [6.07, 6.45) is 3.13. The average molecular weight is 415 g/mol. The summed E-state index contributed by atoms with van der Waals surface area (Å²) in [6.45, 7) is 4.94. The number of urea groups is 1. The second kappa shape index (κ2) is 8.73. The van der Waals surface area contributed by atoms with Crippen LogP contribution in [0, 0.1) is 0 Å². The Bertz CT molecular complexity index is 788. The van der Waals surface area contributed by atoms with E-state index in [9.17, 15) is 14.4 Å². The van der Waals surface area contributed by atoms with Gasteiger partial charge in [-0.1, -0.05) is 43.2 Å². The molecule has 1 aromatic carbocycles. The minimum Gasteiger partial charge on any atom is -0.379 e. The van der Waals surface area contributed by atoms with Gasteiger partial charge in [-0.3, -0.25) is 14.5 Å². The van der Waals surface area contributed by atoms with Gasteiger partial charge in [-0.05, 0) is 25.3 Å². The smallest absolute Gasteiger partial charge is 0.325 e. The zero-order valence-corrected chi connectivity index (χ0v) is 17.4. The van der Waals surface area contributed by atoms with Crippen LogP contribution in [0.1, 0.15) is 44.2 Å². The van der Waals surface area contributed by atoms with Crippen molar-refractivity contribution in [2.24, 2.45) is 0 Å². The molecule has 8 heteroatoms. The standard InChI is InChI=1S/C22H30N4O4/c1-16(26-20(28)22(24-21(26)29)9-5-6-10-22)19(27)23-15-18(17-7-3-2-4-8-17)25-11-13-30-14-12-25/h2-4,7-8,16,18H,5-6,9-15H2,1H3,(H,23,27)(H,24,29). The molecule has 30 heavy (non-hydrogen) atoms. The number of carbonyl (C=O) groups excluding carboxylic acids is 3. The van der Waals surface area contributed by atoms with E-state index < -0.39 is 17.6 Å². The van der Waals surface area contributed by atoms with Crippen LogP contribution in [0.5, 0.6) is 0 Å². The third-order valence-electron chi connectivity index (χ3n) is 6.56. The van der Waals surface area contributed by atoms with Crippen molar-refractivity contribution in [2.75, 3.05) is 32.8 Å². The number of hydrogen-bond donors (Lipinski definition) is 2. The summed E-state index contributed by atoms with van der Waals surface area (Å²) in [5.41, 5.74) is 0.318. The van der Waals surface area contributed by atoms with Crippen LogP contribution < -0.4 is 10.6 Å². The van der Waals surface area contributed by atoms with Crippen LogP contribution in [0.15, 0.2) is 30.3 Å². The van der Waals surface area contributed by atoms with E-state index in [0.29, 0.717) is 32.6 Å². The molecule has 3 fully saturated rings. The van der Waals surface area contributed by atoms with Crippen LogP contribution in [0.3, 0.4) is 0 Å². The highest BCUT2D eigenvalue weighted by atomic mass is 16.5. The lowest BCUT2D eigenvalue weighted by molar-refractivity contribution is -0.138. The van der Waals surface area contributed by atoms with Gasteiger partial charge in [-0.2, -0.15) is 0 Å². The maximum absolute atomic E-state index is 12.9. The first-order valence-electron chi connectivity index (χ1n) is 10.8. The Morgan fingerprint density at radius 2 is 1.83 bits per heavy atom. The zero-order valence-electron chi connectivity index (χ0n) is 17.4. The summed E-state index contributed by atoms with van der Waals surface area (Å²) in [4.78, 5) is 41.7. The Balaban J connectivity index is 1.43. The number of ether oxygens (including phenoxy) is 1. The number of hydrogen-bond acceptors (Lipinski definition) is 5. The first kappa shape index (κ1) is 20.8. The average Bonchev–Trinajstić information content (AvgIpc) is 3.33. The van der Waals surface area contributed by atoms with Crippen molar-refractivity contribution in [3.05, 3.63) is 35.9 Å². The predicted molar refractivity (Wildman–Crippen MR) is 111 cm³/mol. The van der Waals surface area contributed by atoms with E-state index in [4.69, 9.17) is 4.74 Å². The van der Waals surface area contributed by atoms with Gasteiger partial charge in [0.15, 0.2) is 0 Å². The van der Waals surface area contributed by atoms with Gasteiger partial charge < -0.3 is 15.4 Å². The molecule has 0 radical (unpaired) electrons. The molecule has 2 saturated heterocycles. The lowest BCUT2D eigenvalue weighted by Crippen LogP contribution is -2.51. The Kier molecular flexibility index (Phi) is 6.06. The number of carbonyl (C=O) groups is 3. The second-order valence-electron chi connectivity index (χ2n) is 8.39. The molecule has 4 amide bonds. The molecule has 0 aromatic heterocycles. The topological polar surface area (TPSA) is 91.0 Å². The van der Waals surface area contributed by atoms with Crippen molar-refractivity contribution in [1.29, 1.82) is 0 Å². The fraction of sp³-hybridized carbons (Fsp3) is 0.591. The largest absolute Gasteiger partial charge is 0.379 e. The fourth-order valence-corrected chi connectivity index (χ4v) is 4.79. The monoisotopic (exact) mass is 414 g/mol. The first-order chi connectivity index (χ1) is 14.5. The molecule has 2 atom stereocenters. The van der Waals surface area contributed by atoms with Crippen LogP contribution in [-0.4, -0.2) is 72.1 Å². The highest BCUT2D eigenvalue weighted by molar-refractivity contribution is 6.09. The Morgan fingerprint density at radius 1 is 1.17 bits per heavy atom. The van der Waals surface area contributed by atoms with E-state index in [0.717, 1.165) is 36.4 Å². The molecule has 2 aliphatic heterocycles. The lowest BCUT2D eigenvalue weighted by Gasteiger charge is -2.35. The van der Waals surface area contributed by atoms with Crippen molar-refractivity contribution in [3.8, 4) is 0 Å². The number of benzene rings is 1. The summed E-state index contributed by atoms with van der Waals surface area (Å²) in [6, 6.07) is 8.75. The van der Waals surface area contributed by atoms with Gasteiger partial charge in [0.2, 0.25) is 5.91 Å². The number of imide groups is 1. The van der Waals surface area contributed by atoms with Gasteiger partial charge in [0.05, 0.1) is 19.3 Å². The molecule has 3 aliphatic rings. The maximum Gasteiger partial charge on any atom is 0.325 e. The molecule has 0 bridgehead atoms. The number of nitrogens with zero attached hydrogens (tertiary/aromatic N) is 2. The molecule has 162 valence electrons. The van der Waals surface area contributed by atoms with Gasteiger partial charge in [0.1, 0.15) is 11.6 Å². The highest BCUT2D eigenvalue weighted by Gasteiger charge is 2.54. The van der Waals surface area contributed by atoms with E-state index in [1.165, 1.54) is 0 Å². The summed E-state index contributed by atoms with van der Waals surface area (Å²) in [5.74, 6) is -0.580. The molecule has 8 nitrogen and oxygen atoms in total. The first-order valence-corrected chi connectivity index (χ1v) is 10.8. The van der Waals surface area contributed by atoms with E-state index >= 15 is 0 Å². The molecule has 1 spiro atoms. The van der Waals surface area contributed by atoms with Crippen LogP contribution in [0.2, 0.25) is 0 Å². The quantitative estimate of drug-likeness (QED) is 0.688. The van der Waals surface area contributed by atoms with Crippen molar-refractivity contribution in [3.63, 3.8) is 0 Å². The summed E-state index contributed by atoms with van der Waals surface area (Å²) < 4.78 is 5.47. The molecule has 4 rings (SSSR count). The van der Waals surface area contributed by atoms with Gasteiger partial charge in [0.25, 0.3) is 5.91 Å². The summed E-state index contributed by atoms with van der Waals surface area (Å²) in [7, 11) is 0. The molecular formula is C22H30N4O4. The maximum atomic E-state index is 12.9. The van der Waals surface area contributed by atoms with Crippen molar-refractivity contribution < 1.29 is 19.1 Å². The number of nitrogens with one attached hydrogen (secondary N) is 2. The molecule has 2 N–H and O–H groups in total.